The lowest BCUT2D eigenvalue weighted by Crippen LogP contribution is -2.44. The Labute approximate surface area is 139 Å². The molecule has 0 aliphatic heterocycles. The number of urea groups is 1. The van der Waals surface area contributed by atoms with Crippen molar-refractivity contribution in [2.45, 2.75) is 39.8 Å². The standard InChI is InChI=1S/C20H26N2O/c1-16(2)22(15-18-10-5-4-6-11-18)20(23)21-14-13-19-12-8-7-9-17(19)3/h4-12,16H,13-15H2,1-3H3,(H,21,23). The van der Waals surface area contributed by atoms with E-state index >= 15 is 0 Å². The van der Waals surface area contributed by atoms with Crippen molar-refractivity contribution in [3.05, 3.63) is 71.3 Å². The van der Waals surface area contributed by atoms with Crippen LogP contribution in [0.5, 0.6) is 0 Å². The Hall–Kier alpha value is -2.29. The van der Waals surface area contributed by atoms with Gasteiger partial charge in [0.15, 0.2) is 0 Å². The molecule has 23 heavy (non-hydrogen) atoms. The molecule has 2 aromatic carbocycles. The minimum absolute atomic E-state index is 0.00237. The molecule has 0 saturated heterocycles. The van der Waals surface area contributed by atoms with Crippen LogP contribution < -0.4 is 5.32 Å². The number of rotatable bonds is 6. The van der Waals surface area contributed by atoms with Gasteiger partial charge in [-0.15, -0.1) is 0 Å². The number of carbonyl (C=O) groups is 1. The first-order valence-corrected chi connectivity index (χ1v) is 8.21. The molecule has 2 amide bonds. The number of amides is 2. The quantitative estimate of drug-likeness (QED) is 0.854. The van der Waals surface area contributed by atoms with Gasteiger partial charge in [0.2, 0.25) is 0 Å². The minimum Gasteiger partial charge on any atom is -0.338 e. The lowest BCUT2D eigenvalue weighted by atomic mass is 10.1. The lowest BCUT2D eigenvalue weighted by Gasteiger charge is -2.27. The minimum atomic E-state index is -0.00237. The molecule has 2 aromatic rings. The van der Waals surface area contributed by atoms with Crippen molar-refractivity contribution < 1.29 is 4.79 Å². The van der Waals surface area contributed by atoms with Crippen LogP contribution in [0.1, 0.15) is 30.5 Å². The maximum atomic E-state index is 12.5. The molecule has 0 fully saturated rings. The molecule has 3 heteroatoms. The topological polar surface area (TPSA) is 32.3 Å². The van der Waals surface area contributed by atoms with E-state index < -0.39 is 0 Å². The van der Waals surface area contributed by atoms with E-state index in [1.54, 1.807) is 0 Å². The fraction of sp³-hybridized carbons (Fsp3) is 0.350. The predicted octanol–water partition coefficient (Wildman–Crippen LogP) is 4.16. The number of aryl methyl sites for hydroxylation is 1. The third kappa shape index (κ3) is 5.13. The molecular formula is C20H26N2O. The number of nitrogens with zero attached hydrogens (tertiary/aromatic N) is 1. The van der Waals surface area contributed by atoms with Crippen molar-refractivity contribution in [2.75, 3.05) is 6.54 Å². The van der Waals surface area contributed by atoms with Gasteiger partial charge >= 0.3 is 6.03 Å². The molecule has 1 N–H and O–H groups in total. The number of benzene rings is 2. The maximum Gasteiger partial charge on any atom is 0.317 e. The van der Waals surface area contributed by atoms with Crippen molar-refractivity contribution >= 4 is 6.03 Å². The van der Waals surface area contributed by atoms with Crippen LogP contribution in [-0.2, 0) is 13.0 Å². The summed E-state index contributed by atoms with van der Waals surface area (Å²) in [5.74, 6) is 0. The summed E-state index contributed by atoms with van der Waals surface area (Å²) < 4.78 is 0. The van der Waals surface area contributed by atoms with Crippen LogP contribution in [0, 0.1) is 6.92 Å². The highest BCUT2D eigenvalue weighted by Crippen LogP contribution is 2.09. The summed E-state index contributed by atoms with van der Waals surface area (Å²) in [7, 11) is 0. The molecule has 2 rings (SSSR count). The average molecular weight is 310 g/mol. The Morgan fingerprint density at radius 1 is 1.04 bits per heavy atom. The fourth-order valence-electron chi connectivity index (χ4n) is 2.57. The summed E-state index contributed by atoms with van der Waals surface area (Å²) in [6, 6.07) is 18.6. The zero-order valence-corrected chi connectivity index (χ0v) is 14.3. The van der Waals surface area contributed by atoms with E-state index in [1.165, 1.54) is 11.1 Å². The zero-order chi connectivity index (χ0) is 16.7. The monoisotopic (exact) mass is 310 g/mol. The second-order valence-corrected chi connectivity index (χ2v) is 6.12. The molecule has 0 radical (unpaired) electrons. The molecule has 122 valence electrons. The molecule has 3 nitrogen and oxygen atoms in total. The summed E-state index contributed by atoms with van der Waals surface area (Å²) in [4.78, 5) is 14.3. The third-order valence-electron chi connectivity index (χ3n) is 4.01. The van der Waals surface area contributed by atoms with Crippen LogP contribution in [0.3, 0.4) is 0 Å². The average Bonchev–Trinajstić information content (AvgIpc) is 2.55. The molecule has 0 saturated carbocycles. The van der Waals surface area contributed by atoms with E-state index in [1.807, 2.05) is 49.1 Å². The van der Waals surface area contributed by atoms with Crippen molar-refractivity contribution in [3.8, 4) is 0 Å². The van der Waals surface area contributed by atoms with Crippen LogP contribution in [-0.4, -0.2) is 23.5 Å². The summed E-state index contributed by atoms with van der Waals surface area (Å²) >= 11 is 0. The number of hydrogen-bond donors (Lipinski definition) is 1. The highest BCUT2D eigenvalue weighted by atomic mass is 16.2. The molecule has 0 unspecified atom stereocenters. The summed E-state index contributed by atoms with van der Waals surface area (Å²) in [5.41, 5.74) is 3.70. The Morgan fingerprint density at radius 2 is 1.70 bits per heavy atom. The van der Waals surface area contributed by atoms with Gasteiger partial charge in [-0.1, -0.05) is 54.6 Å². The molecule has 0 aromatic heterocycles. The third-order valence-corrected chi connectivity index (χ3v) is 4.01. The maximum absolute atomic E-state index is 12.5. The van der Waals surface area contributed by atoms with Gasteiger partial charge in [0, 0.05) is 19.1 Å². The van der Waals surface area contributed by atoms with Crippen LogP contribution in [0.15, 0.2) is 54.6 Å². The molecule has 0 atom stereocenters. The van der Waals surface area contributed by atoms with Crippen molar-refractivity contribution in [1.29, 1.82) is 0 Å². The summed E-state index contributed by atoms with van der Waals surface area (Å²) in [5, 5.41) is 3.05. The molecule has 0 bridgehead atoms. The first-order valence-electron chi connectivity index (χ1n) is 8.21. The Morgan fingerprint density at radius 3 is 2.35 bits per heavy atom. The SMILES string of the molecule is Cc1ccccc1CCNC(=O)N(Cc1ccccc1)C(C)C. The van der Waals surface area contributed by atoms with E-state index in [-0.39, 0.29) is 12.1 Å². The van der Waals surface area contributed by atoms with Gasteiger partial charge in [-0.05, 0) is 43.9 Å². The number of carbonyl (C=O) groups excluding carboxylic acids is 1. The molecule has 0 heterocycles. The molecule has 0 aliphatic rings. The molecule has 0 aliphatic carbocycles. The Balaban J connectivity index is 1.90. The first-order chi connectivity index (χ1) is 11.1. The predicted molar refractivity (Wildman–Crippen MR) is 95.4 cm³/mol. The largest absolute Gasteiger partial charge is 0.338 e. The molecular weight excluding hydrogens is 284 g/mol. The first kappa shape index (κ1) is 17.1. The van der Waals surface area contributed by atoms with E-state index in [9.17, 15) is 4.79 Å². The smallest absolute Gasteiger partial charge is 0.317 e. The van der Waals surface area contributed by atoms with Gasteiger partial charge in [0.05, 0.1) is 0 Å². The Bertz CT molecular complexity index is 623. The highest BCUT2D eigenvalue weighted by Gasteiger charge is 2.16. The number of hydrogen-bond acceptors (Lipinski definition) is 1. The highest BCUT2D eigenvalue weighted by molar-refractivity contribution is 5.74. The molecule has 0 spiro atoms. The fourth-order valence-corrected chi connectivity index (χ4v) is 2.57. The normalized spacial score (nSPS) is 10.6. The van der Waals surface area contributed by atoms with Gasteiger partial charge in [-0.3, -0.25) is 0 Å². The number of nitrogens with one attached hydrogen (secondary N) is 1. The van der Waals surface area contributed by atoms with Crippen molar-refractivity contribution in [3.63, 3.8) is 0 Å². The van der Waals surface area contributed by atoms with E-state index in [2.05, 4.69) is 36.5 Å². The summed E-state index contributed by atoms with van der Waals surface area (Å²) in [6.07, 6.45) is 0.857. The van der Waals surface area contributed by atoms with E-state index in [0.29, 0.717) is 13.1 Å². The van der Waals surface area contributed by atoms with Crippen molar-refractivity contribution in [2.24, 2.45) is 0 Å². The van der Waals surface area contributed by atoms with Gasteiger partial charge in [-0.2, -0.15) is 0 Å². The van der Waals surface area contributed by atoms with Crippen molar-refractivity contribution in [1.82, 2.24) is 10.2 Å². The lowest BCUT2D eigenvalue weighted by molar-refractivity contribution is 0.180. The van der Waals surface area contributed by atoms with E-state index in [4.69, 9.17) is 0 Å². The van der Waals surface area contributed by atoms with Crippen LogP contribution in [0.2, 0.25) is 0 Å². The van der Waals surface area contributed by atoms with Gasteiger partial charge < -0.3 is 10.2 Å². The van der Waals surface area contributed by atoms with Crippen LogP contribution in [0.25, 0.3) is 0 Å². The van der Waals surface area contributed by atoms with Crippen LogP contribution in [0.4, 0.5) is 4.79 Å². The second kappa shape index (κ2) is 8.37. The van der Waals surface area contributed by atoms with E-state index in [0.717, 1.165) is 12.0 Å². The van der Waals surface area contributed by atoms with Gasteiger partial charge in [0.25, 0.3) is 0 Å². The van der Waals surface area contributed by atoms with Gasteiger partial charge in [0.1, 0.15) is 0 Å². The Kier molecular flexibility index (Phi) is 6.21. The summed E-state index contributed by atoms with van der Waals surface area (Å²) in [6.45, 7) is 7.48. The second-order valence-electron chi connectivity index (χ2n) is 6.12. The van der Waals surface area contributed by atoms with Crippen LogP contribution >= 0.6 is 0 Å². The zero-order valence-electron chi connectivity index (χ0n) is 14.3. The van der Waals surface area contributed by atoms with Gasteiger partial charge in [-0.25, -0.2) is 4.79 Å².